The fourth-order valence-electron chi connectivity index (χ4n) is 6.56. The lowest BCUT2D eigenvalue weighted by atomic mass is 9.89. The highest BCUT2D eigenvalue weighted by molar-refractivity contribution is 5.40. The van der Waals surface area contributed by atoms with Crippen LogP contribution in [-0.4, -0.2) is 88.3 Å². The number of hydrogen-bond acceptors (Lipinski definition) is 9. The number of nitrogens with zero attached hydrogens (tertiary/aromatic N) is 1. The number of methoxy groups -OCH3 is 4. The molecule has 10 heteroatoms. The van der Waals surface area contributed by atoms with Crippen LogP contribution in [0.3, 0.4) is 0 Å². The van der Waals surface area contributed by atoms with Gasteiger partial charge in [0.15, 0.2) is 0 Å². The van der Waals surface area contributed by atoms with E-state index in [1.54, 1.807) is 40.1 Å². The van der Waals surface area contributed by atoms with Gasteiger partial charge in [-0.25, -0.2) is 0 Å². The normalized spacial score (nSPS) is 27.8. The van der Waals surface area contributed by atoms with E-state index in [0.29, 0.717) is 47.3 Å². The number of pyridine rings is 1. The van der Waals surface area contributed by atoms with Crippen molar-refractivity contribution < 1.29 is 38.3 Å². The van der Waals surface area contributed by atoms with Crippen LogP contribution in [0.5, 0.6) is 5.75 Å². The summed E-state index contributed by atoms with van der Waals surface area (Å²) in [4.78, 5) is 13.7. The van der Waals surface area contributed by atoms with Crippen LogP contribution < -0.4 is 10.3 Å². The minimum absolute atomic E-state index is 0.0203. The van der Waals surface area contributed by atoms with E-state index in [0.717, 1.165) is 18.4 Å². The van der Waals surface area contributed by atoms with Crippen LogP contribution in [0.2, 0.25) is 0 Å². The van der Waals surface area contributed by atoms with Gasteiger partial charge < -0.3 is 42.8 Å². The molecule has 9 atom stereocenters. The zero-order valence-electron chi connectivity index (χ0n) is 27.5. The maximum absolute atomic E-state index is 13.7. The van der Waals surface area contributed by atoms with Gasteiger partial charge in [-0.3, -0.25) is 4.79 Å². The molecule has 10 nitrogen and oxygen atoms in total. The van der Waals surface area contributed by atoms with E-state index >= 15 is 0 Å². The van der Waals surface area contributed by atoms with Crippen LogP contribution in [0.25, 0.3) is 0 Å². The standard InChI is InChI=1S/C33H53NO9/c1-11-19(2)14-20(3)15-21(4)28(35)22(5)25-13-12-23-26(43-25)16-24(34(6)33(23)36)27-29(41-17-37-7)31(39-9)32(40-10)30(27)42-18-38-8/h15-16,19-20,25,27-32,35H,5,11-14,17-18H2,1-4,6-10H3/b21-15+/t19-,20+,25?,27?,28+,29-,30+,31-,32+/m1/s1. The predicted octanol–water partition coefficient (Wildman–Crippen LogP) is 4.12. The summed E-state index contributed by atoms with van der Waals surface area (Å²) in [5, 5.41) is 11.2. The molecular weight excluding hydrogens is 554 g/mol. The van der Waals surface area contributed by atoms with Crippen molar-refractivity contribution in [1.82, 2.24) is 4.57 Å². The van der Waals surface area contributed by atoms with E-state index < -0.39 is 42.5 Å². The molecule has 244 valence electrons. The zero-order chi connectivity index (χ0) is 31.8. The number of rotatable bonds is 16. The van der Waals surface area contributed by atoms with Crippen LogP contribution >= 0.6 is 0 Å². The van der Waals surface area contributed by atoms with Gasteiger partial charge in [-0.05, 0) is 49.2 Å². The summed E-state index contributed by atoms with van der Waals surface area (Å²) in [5.41, 5.74) is 2.53. The van der Waals surface area contributed by atoms with Crippen LogP contribution in [0.4, 0.5) is 0 Å². The van der Waals surface area contributed by atoms with Gasteiger partial charge in [-0.15, -0.1) is 0 Å². The van der Waals surface area contributed by atoms with Gasteiger partial charge in [-0.2, -0.15) is 0 Å². The summed E-state index contributed by atoms with van der Waals surface area (Å²) in [7, 11) is 8.02. The summed E-state index contributed by atoms with van der Waals surface area (Å²) < 4.78 is 42.4. The highest BCUT2D eigenvalue weighted by Crippen LogP contribution is 2.43. The Kier molecular flexibility index (Phi) is 13.4. The first kappa shape index (κ1) is 35.4. The second-order valence-electron chi connectivity index (χ2n) is 12.0. The molecule has 1 N–H and O–H groups in total. The largest absolute Gasteiger partial charge is 0.485 e. The second kappa shape index (κ2) is 16.3. The molecule has 2 unspecified atom stereocenters. The Balaban J connectivity index is 1.96. The van der Waals surface area contributed by atoms with E-state index in [4.69, 9.17) is 33.2 Å². The monoisotopic (exact) mass is 607 g/mol. The fraction of sp³-hybridized carbons (Fsp3) is 0.727. The van der Waals surface area contributed by atoms with Gasteiger partial charge in [0.25, 0.3) is 5.56 Å². The summed E-state index contributed by atoms with van der Waals surface area (Å²) in [6.07, 6.45) is 1.98. The lowest BCUT2D eigenvalue weighted by Gasteiger charge is -2.32. The Labute approximate surface area is 256 Å². The van der Waals surface area contributed by atoms with Crippen molar-refractivity contribution >= 4 is 0 Å². The highest BCUT2D eigenvalue weighted by Gasteiger charge is 2.55. The van der Waals surface area contributed by atoms with Crippen molar-refractivity contribution in [2.75, 3.05) is 42.0 Å². The number of aliphatic hydroxyl groups is 1. The summed E-state index contributed by atoms with van der Waals surface area (Å²) in [5.74, 6) is 0.959. The summed E-state index contributed by atoms with van der Waals surface area (Å²) in [6.45, 7) is 12.8. The molecule has 0 aromatic carbocycles. The van der Waals surface area contributed by atoms with Crippen molar-refractivity contribution in [2.45, 2.75) is 95.9 Å². The molecule has 0 spiro atoms. The third-order valence-corrected chi connectivity index (χ3v) is 8.99. The number of allylic oxidation sites excluding steroid dienone is 1. The minimum atomic E-state index is -0.838. The number of ether oxygens (including phenoxy) is 7. The van der Waals surface area contributed by atoms with Crippen LogP contribution in [0.15, 0.2) is 34.7 Å². The third kappa shape index (κ3) is 7.97. The molecule has 0 radical (unpaired) electrons. The van der Waals surface area contributed by atoms with E-state index in [1.807, 2.05) is 13.0 Å². The molecule has 43 heavy (non-hydrogen) atoms. The maximum Gasteiger partial charge on any atom is 0.257 e. The second-order valence-corrected chi connectivity index (χ2v) is 12.0. The quantitative estimate of drug-likeness (QED) is 0.219. The molecule has 0 bridgehead atoms. The third-order valence-electron chi connectivity index (χ3n) is 8.99. The van der Waals surface area contributed by atoms with Crippen molar-refractivity contribution in [3.05, 3.63) is 51.5 Å². The van der Waals surface area contributed by atoms with Crippen molar-refractivity contribution in [3.8, 4) is 5.75 Å². The molecule has 1 aromatic rings. The fourth-order valence-corrected chi connectivity index (χ4v) is 6.56. The van der Waals surface area contributed by atoms with E-state index in [1.165, 1.54) is 0 Å². The first-order valence-electron chi connectivity index (χ1n) is 15.2. The number of aromatic nitrogens is 1. The molecule has 3 rings (SSSR count). The Morgan fingerprint density at radius 2 is 1.67 bits per heavy atom. The van der Waals surface area contributed by atoms with Crippen LogP contribution in [0, 0.1) is 11.8 Å². The van der Waals surface area contributed by atoms with Crippen LogP contribution in [0.1, 0.15) is 64.1 Å². The Morgan fingerprint density at radius 3 is 2.19 bits per heavy atom. The molecule has 0 saturated heterocycles. The first-order valence-corrected chi connectivity index (χ1v) is 15.2. The molecule has 1 fully saturated rings. The van der Waals surface area contributed by atoms with Gasteiger partial charge in [0.2, 0.25) is 0 Å². The van der Waals surface area contributed by atoms with Crippen molar-refractivity contribution in [2.24, 2.45) is 18.9 Å². The molecule has 1 aromatic heterocycles. The summed E-state index contributed by atoms with van der Waals surface area (Å²) >= 11 is 0. The van der Waals surface area contributed by atoms with Crippen molar-refractivity contribution in [3.63, 3.8) is 0 Å². The van der Waals surface area contributed by atoms with Crippen LogP contribution in [-0.2, 0) is 41.9 Å². The van der Waals surface area contributed by atoms with Gasteiger partial charge >= 0.3 is 0 Å². The molecule has 1 saturated carbocycles. The van der Waals surface area contributed by atoms with Gasteiger partial charge in [0, 0.05) is 47.2 Å². The van der Waals surface area contributed by atoms with Crippen molar-refractivity contribution in [1.29, 1.82) is 0 Å². The maximum atomic E-state index is 13.7. The SMILES string of the molecule is C=C(C1CCc2c(cc(C3[C@@H](OCOC)[C@@H](OC)[C@@H](OC)[C@H]3OCOC)n(C)c2=O)O1)[C@@H](O)/C(C)=C/[C@@H](C)C[C@H](C)CC. The van der Waals surface area contributed by atoms with E-state index in [-0.39, 0.29) is 19.1 Å². The predicted molar refractivity (Wildman–Crippen MR) is 164 cm³/mol. The van der Waals surface area contributed by atoms with E-state index in [2.05, 4.69) is 33.4 Å². The lowest BCUT2D eigenvalue weighted by Crippen LogP contribution is -2.38. The van der Waals surface area contributed by atoms with E-state index in [9.17, 15) is 9.90 Å². The molecule has 1 aliphatic carbocycles. The Hall–Kier alpha value is -2.05. The van der Waals surface area contributed by atoms with Gasteiger partial charge in [0.05, 0.1) is 17.6 Å². The molecule has 2 heterocycles. The minimum Gasteiger partial charge on any atom is -0.485 e. The average molecular weight is 608 g/mol. The number of hydrogen-bond donors (Lipinski definition) is 1. The zero-order valence-corrected chi connectivity index (χ0v) is 27.5. The average Bonchev–Trinajstić information content (AvgIpc) is 3.30. The highest BCUT2D eigenvalue weighted by atomic mass is 16.7. The smallest absolute Gasteiger partial charge is 0.257 e. The topological polar surface area (TPSA) is 107 Å². The lowest BCUT2D eigenvalue weighted by molar-refractivity contribution is -0.141. The Morgan fingerprint density at radius 1 is 1.09 bits per heavy atom. The first-order chi connectivity index (χ1) is 20.5. The number of fused-ring (bicyclic) bond motifs is 1. The Bertz CT molecular complexity index is 1130. The summed E-state index contributed by atoms with van der Waals surface area (Å²) in [6, 6.07) is 1.88. The molecule has 1 aliphatic heterocycles. The number of aliphatic hydroxyl groups excluding tert-OH is 1. The van der Waals surface area contributed by atoms with Gasteiger partial charge in [-0.1, -0.05) is 39.8 Å². The molecule has 2 aliphatic rings. The molecule has 0 amide bonds. The van der Waals surface area contributed by atoms with Gasteiger partial charge in [0.1, 0.15) is 49.9 Å². The molecular formula is C33H53NO9.